The Kier molecular flexibility index (Phi) is 5.05. The molecule has 2 aromatic carbocycles. The molecule has 2 aliphatic heterocycles. The van der Waals surface area contributed by atoms with Crippen molar-refractivity contribution in [1.82, 2.24) is 0 Å². The number of aryl methyl sites for hydroxylation is 1. The van der Waals surface area contributed by atoms with E-state index in [1.54, 1.807) is 7.11 Å². The van der Waals surface area contributed by atoms with E-state index in [4.69, 9.17) is 4.74 Å². The SMILES string of the molecule is COc1ccc(N2CC[NH+]([C@@H]3CC(=O)N(c4ccccc4C)C3=O)CC2)cc1. The molecule has 2 amide bonds. The van der Waals surface area contributed by atoms with E-state index in [2.05, 4.69) is 17.0 Å². The number of hydrogen-bond acceptors (Lipinski definition) is 4. The minimum atomic E-state index is -0.273. The number of piperazine rings is 1. The number of para-hydroxylation sites is 1. The average molecular weight is 380 g/mol. The van der Waals surface area contributed by atoms with Crippen molar-refractivity contribution < 1.29 is 19.2 Å². The highest BCUT2D eigenvalue weighted by molar-refractivity contribution is 6.22. The van der Waals surface area contributed by atoms with Crippen molar-refractivity contribution in [3.8, 4) is 5.75 Å². The summed E-state index contributed by atoms with van der Waals surface area (Å²) in [6, 6.07) is 15.4. The van der Waals surface area contributed by atoms with Crippen LogP contribution in [-0.4, -0.2) is 51.1 Å². The molecule has 0 bridgehead atoms. The van der Waals surface area contributed by atoms with Crippen LogP contribution in [0.1, 0.15) is 12.0 Å². The van der Waals surface area contributed by atoms with E-state index in [1.165, 1.54) is 9.80 Å². The topological polar surface area (TPSA) is 54.3 Å². The van der Waals surface area contributed by atoms with E-state index in [0.29, 0.717) is 6.42 Å². The molecule has 1 N–H and O–H groups in total. The number of ether oxygens (including phenoxy) is 1. The van der Waals surface area contributed by atoms with Crippen molar-refractivity contribution in [3.63, 3.8) is 0 Å². The molecule has 2 aromatic rings. The van der Waals surface area contributed by atoms with Gasteiger partial charge in [-0.15, -0.1) is 0 Å². The standard InChI is InChI=1S/C22H25N3O3/c1-16-5-3-4-6-19(16)25-21(26)15-20(22(25)27)24-13-11-23(12-14-24)17-7-9-18(28-2)10-8-17/h3-10,20H,11-15H2,1-2H3/p+1/t20-/m1/s1. The zero-order chi connectivity index (χ0) is 19.7. The lowest BCUT2D eigenvalue weighted by Crippen LogP contribution is -3.19. The number of carbonyl (C=O) groups is 2. The first-order valence-electron chi connectivity index (χ1n) is 9.74. The molecule has 6 heteroatoms. The van der Waals surface area contributed by atoms with Gasteiger partial charge >= 0.3 is 0 Å². The Bertz CT molecular complexity index is 873. The third kappa shape index (κ3) is 3.36. The predicted molar refractivity (Wildman–Crippen MR) is 108 cm³/mol. The van der Waals surface area contributed by atoms with E-state index in [1.807, 2.05) is 43.3 Å². The van der Waals surface area contributed by atoms with Gasteiger partial charge in [0.2, 0.25) is 5.91 Å². The number of rotatable bonds is 4. The Morgan fingerprint density at radius 1 is 1.00 bits per heavy atom. The number of nitrogens with one attached hydrogen (secondary N) is 1. The summed E-state index contributed by atoms with van der Waals surface area (Å²) >= 11 is 0. The van der Waals surface area contributed by atoms with Crippen molar-refractivity contribution in [2.24, 2.45) is 0 Å². The van der Waals surface area contributed by atoms with Gasteiger partial charge in [0.1, 0.15) is 5.75 Å². The van der Waals surface area contributed by atoms with Crippen LogP contribution in [0.2, 0.25) is 0 Å². The Morgan fingerprint density at radius 3 is 2.32 bits per heavy atom. The van der Waals surface area contributed by atoms with Gasteiger partial charge < -0.3 is 14.5 Å². The van der Waals surface area contributed by atoms with Crippen LogP contribution in [0.25, 0.3) is 0 Å². The summed E-state index contributed by atoms with van der Waals surface area (Å²) in [6.07, 6.45) is 0.297. The summed E-state index contributed by atoms with van der Waals surface area (Å²) in [5.74, 6) is 0.695. The van der Waals surface area contributed by atoms with Gasteiger partial charge in [-0.2, -0.15) is 0 Å². The van der Waals surface area contributed by atoms with Gasteiger partial charge in [-0.1, -0.05) is 18.2 Å². The maximum atomic E-state index is 13.0. The van der Waals surface area contributed by atoms with Gasteiger partial charge in [0.05, 0.1) is 45.4 Å². The Labute approximate surface area is 165 Å². The number of carbonyl (C=O) groups excluding carboxylic acids is 2. The number of amides is 2. The predicted octanol–water partition coefficient (Wildman–Crippen LogP) is 1.04. The minimum Gasteiger partial charge on any atom is -0.497 e. The molecule has 6 nitrogen and oxygen atoms in total. The third-order valence-corrected chi connectivity index (χ3v) is 5.84. The van der Waals surface area contributed by atoms with Crippen LogP contribution in [0.3, 0.4) is 0 Å². The second-order valence-electron chi connectivity index (χ2n) is 7.45. The Morgan fingerprint density at radius 2 is 1.68 bits per heavy atom. The molecule has 0 radical (unpaired) electrons. The molecule has 0 aromatic heterocycles. The summed E-state index contributed by atoms with van der Waals surface area (Å²) in [5.41, 5.74) is 2.83. The van der Waals surface area contributed by atoms with E-state index >= 15 is 0 Å². The van der Waals surface area contributed by atoms with Crippen molar-refractivity contribution >= 4 is 23.2 Å². The molecular formula is C22H26N3O3+. The number of nitrogens with zero attached hydrogens (tertiary/aromatic N) is 2. The van der Waals surface area contributed by atoms with Crippen LogP contribution in [0.15, 0.2) is 48.5 Å². The van der Waals surface area contributed by atoms with Crippen LogP contribution in [0, 0.1) is 6.92 Å². The first kappa shape index (κ1) is 18.5. The minimum absolute atomic E-state index is 0.0628. The maximum absolute atomic E-state index is 13.0. The summed E-state index contributed by atoms with van der Waals surface area (Å²) < 4.78 is 5.22. The molecule has 4 rings (SSSR count). The van der Waals surface area contributed by atoms with Crippen molar-refractivity contribution in [3.05, 3.63) is 54.1 Å². The molecule has 2 aliphatic rings. The number of imide groups is 1. The van der Waals surface area contributed by atoms with E-state index in [0.717, 1.165) is 48.9 Å². The fourth-order valence-corrected chi connectivity index (χ4v) is 4.21. The van der Waals surface area contributed by atoms with Crippen LogP contribution in [0.5, 0.6) is 5.75 Å². The summed E-state index contributed by atoms with van der Waals surface area (Å²) in [4.78, 5) is 30.6. The smallest absolute Gasteiger partial charge is 0.292 e. The summed E-state index contributed by atoms with van der Waals surface area (Å²) in [7, 11) is 1.66. The number of hydrogen-bond donors (Lipinski definition) is 1. The quantitative estimate of drug-likeness (QED) is 0.806. The number of quaternary nitrogens is 1. The highest BCUT2D eigenvalue weighted by Gasteiger charge is 2.46. The van der Waals surface area contributed by atoms with Gasteiger partial charge in [0.15, 0.2) is 6.04 Å². The van der Waals surface area contributed by atoms with Gasteiger partial charge in [0, 0.05) is 5.69 Å². The largest absolute Gasteiger partial charge is 0.497 e. The van der Waals surface area contributed by atoms with Crippen LogP contribution < -0.4 is 19.4 Å². The number of methoxy groups -OCH3 is 1. The summed E-state index contributed by atoms with van der Waals surface area (Å²) in [6.45, 7) is 5.35. The fourth-order valence-electron chi connectivity index (χ4n) is 4.21. The maximum Gasteiger partial charge on any atom is 0.292 e. The lowest BCUT2D eigenvalue weighted by atomic mass is 10.1. The molecule has 28 heavy (non-hydrogen) atoms. The van der Waals surface area contributed by atoms with Crippen LogP contribution >= 0.6 is 0 Å². The molecule has 2 heterocycles. The molecule has 0 saturated carbocycles. The van der Waals surface area contributed by atoms with Gasteiger partial charge in [-0.05, 0) is 42.8 Å². The van der Waals surface area contributed by atoms with Gasteiger partial charge in [-0.25, -0.2) is 4.90 Å². The van der Waals surface area contributed by atoms with Crippen molar-refractivity contribution in [1.29, 1.82) is 0 Å². The number of anilines is 2. The second kappa shape index (κ2) is 7.64. The van der Waals surface area contributed by atoms with Crippen LogP contribution in [0.4, 0.5) is 11.4 Å². The first-order chi connectivity index (χ1) is 13.6. The highest BCUT2D eigenvalue weighted by atomic mass is 16.5. The highest BCUT2D eigenvalue weighted by Crippen LogP contribution is 2.25. The zero-order valence-electron chi connectivity index (χ0n) is 16.4. The molecule has 0 unspecified atom stereocenters. The molecule has 2 fully saturated rings. The van der Waals surface area contributed by atoms with Gasteiger partial charge in [-0.3, -0.25) is 9.59 Å². The average Bonchev–Trinajstić information content (AvgIpc) is 3.03. The number of benzene rings is 2. The third-order valence-electron chi connectivity index (χ3n) is 5.84. The second-order valence-corrected chi connectivity index (χ2v) is 7.45. The first-order valence-corrected chi connectivity index (χ1v) is 9.74. The molecule has 0 aliphatic carbocycles. The monoisotopic (exact) mass is 380 g/mol. The van der Waals surface area contributed by atoms with Crippen molar-refractivity contribution in [2.75, 3.05) is 43.1 Å². The fraction of sp³-hybridized carbons (Fsp3) is 0.364. The summed E-state index contributed by atoms with van der Waals surface area (Å²) in [5, 5.41) is 0. The molecule has 1 atom stereocenters. The molecule has 146 valence electrons. The van der Waals surface area contributed by atoms with E-state index in [9.17, 15) is 9.59 Å². The Balaban J connectivity index is 1.43. The normalized spacial score (nSPS) is 20.7. The molecule has 2 saturated heterocycles. The van der Waals surface area contributed by atoms with Crippen molar-refractivity contribution in [2.45, 2.75) is 19.4 Å². The van der Waals surface area contributed by atoms with Gasteiger partial charge in [0.25, 0.3) is 5.91 Å². The molecule has 0 spiro atoms. The lowest BCUT2D eigenvalue weighted by Gasteiger charge is -2.35. The van der Waals surface area contributed by atoms with Crippen LogP contribution in [-0.2, 0) is 9.59 Å². The Hall–Kier alpha value is -2.86. The van der Waals surface area contributed by atoms with E-state index in [-0.39, 0.29) is 17.9 Å². The zero-order valence-corrected chi connectivity index (χ0v) is 16.4. The molecular weight excluding hydrogens is 354 g/mol. The lowest BCUT2D eigenvalue weighted by molar-refractivity contribution is -0.915. The van der Waals surface area contributed by atoms with E-state index < -0.39 is 0 Å².